The van der Waals surface area contributed by atoms with Gasteiger partial charge in [0.2, 0.25) is 0 Å². The van der Waals surface area contributed by atoms with Gasteiger partial charge in [-0.15, -0.1) is 0 Å². The van der Waals surface area contributed by atoms with Crippen LogP contribution in [0.3, 0.4) is 0 Å². The second kappa shape index (κ2) is 4.84. The van der Waals surface area contributed by atoms with Gasteiger partial charge in [0.15, 0.2) is 0 Å². The molecule has 2 rings (SSSR count). The molecule has 3 N–H and O–H groups in total. The number of nitrogens with one attached hydrogen (secondary N) is 1. The van der Waals surface area contributed by atoms with Crippen molar-refractivity contribution in [2.45, 2.75) is 69.9 Å². The van der Waals surface area contributed by atoms with Crippen molar-refractivity contribution in [2.75, 3.05) is 6.54 Å². The Morgan fingerprint density at radius 3 is 2.27 bits per heavy atom. The highest BCUT2D eigenvalue weighted by molar-refractivity contribution is 5.02. The fraction of sp³-hybridized carbons (Fsp3) is 1.00. The minimum atomic E-state index is 0.280. The molecule has 2 heteroatoms. The molecule has 0 saturated heterocycles. The molecule has 0 radical (unpaired) electrons. The molecule has 88 valence electrons. The predicted molar refractivity (Wildman–Crippen MR) is 64.8 cm³/mol. The quantitative estimate of drug-likeness (QED) is 0.731. The van der Waals surface area contributed by atoms with E-state index in [-0.39, 0.29) is 5.54 Å². The molecule has 0 spiro atoms. The van der Waals surface area contributed by atoms with Crippen LogP contribution in [0.25, 0.3) is 0 Å². The van der Waals surface area contributed by atoms with Crippen molar-refractivity contribution in [1.29, 1.82) is 0 Å². The van der Waals surface area contributed by atoms with E-state index < -0.39 is 0 Å². The van der Waals surface area contributed by atoms with Gasteiger partial charge in [-0.05, 0) is 38.0 Å². The third-order valence-electron chi connectivity index (χ3n) is 4.45. The Morgan fingerprint density at radius 1 is 1.13 bits per heavy atom. The van der Waals surface area contributed by atoms with Crippen molar-refractivity contribution in [2.24, 2.45) is 11.7 Å². The van der Waals surface area contributed by atoms with E-state index in [9.17, 15) is 0 Å². The average Bonchev–Trinajstić information content (AvgIpc) is 3.12. The summed E-state index contributed by atoms with van der Waals surface area (Å²) in [6.07, 6.45) is 11.0. The Kier molecular flexibility index (Phi) is 3.68. The lowest BCUT2D eigenvalue weighted by Crippen LogP contribution is -2.56. The standard InChI is InChI=1S/C13H26N2/c1-2-13(10-14,11-8-9-11)15-12-6-4-3-5-7-12/h11-12,15H,2-10,14H2,1H3. The van der Waals surface area contributed by atoms with Crippen molar-refractivity contribution >= 4 is 0 Å². The second-order valence-corrected chi connectivity index (χ2v) is 5.47. The Bertz CT molecular complexity index is 189. The highest BCUT2D eigenvalue weighted by Gasteiger charge is 2.43. The van der Waals surface area contributed by atoms with Gasteiger partial charge in [-0.25, -0.2) is 0 Å². The van der Waals surface area contributed by atoms with Crippen LogP contribution in [-0.2, 0) is 0 Å². The van der Waals surface area contributed by atoms with E-state index in [1.165, 1.54) is 51.4 Å². The highest BCUT2D eigenvalue weighted by Crippen LogP contribution is 2.41. The molecule has 2 nitrogen and oxygen atoms in total. The zero-order valence-corrected chi connectivity index (χ0v) is 10.1. The van der Waals surface area contributed by atoms with Gasteiger partial charge in [0.05, 0.1) is 0 Å². The van der Waals surface area contributed by atoms with E-state index in [1.807, 2.05) is 0 Å². The smallest absolute Gasteiger partial charge is 0.0332 e. The maximum Gasteiger partial charge on any atom is 0.0332 e. The van der Waals surface area contributed by atoms with E-state index in [0.29, 0.717) is 0 Å². The molecular weight excluding hydrogens is 184 g/mol. The number of rotatable bonds is 5. The molecule has 0 heterocycles. The average molecular weight is 210 g/mol. The summed E-state index contributed by atoms with van der Waals surface area (Å²) in [6.45, 7) is 3.12. The summed E-state index contributed by atoms with van der Waals surface area (Å²) in [6, 6.07) is 0.753. The second-order valence-electron chi connectivity index (χ2n) is 5.47. The zero-order valence-electron chi connectivity index (χ0n) is 10.1. The van der Waals surface area contributed by atoms with Crippen molar-refractivity contribution in [1.82, 2.24) is 5.32 Å². The first kappa shape index (κ1) is 11.4. The summed E-state index contributed by atoms with van der Waals surface area (Å²) in [4.78, 5) is 0. The summed E-state index contributed by atoms with van der Waals surface area (Å²) in [5, 5.41) is 3.91. The van der Waals surface area contributed by atoms with Crippen molar-refractivity contribution in [3.63, 3.8) is 0 Å². The van der Waals surface area contributed by atoms with E-state index in [4.69, 9.17) is 5.73 Å². The Morgan fingerprint density at radius 2 is 1.80 bits per heavy atom. The highest BCUT2D eigenvalue weighted by atomic mass is 15.0. The number of hydrogen-bond acceptors (Lipinski definition) is 2. The third kappa shape index (κ3) is 2.54. The molecule has 2 fully saturated rings. The van der Waals surface area contributed by atoms with Crippen LogP contribution in [0.2, 0.25) is 0 Å². The maximum atomic E-state index is 6.01. The van der Waals surface area contributed by atoms with Gasteiger partial charge in [0.1, 0.15) is 0 Å². The van der Waals surface area contributed by atoms with Gasteiger partial charge in [0.25, 0.3) is 0 Å². The van der Waals surface area contributed by atoms with Crippen LogP contribution in [0.4, 0.5) is 0 Å². The summed E-state index contributed by atoms with van der Waals surface area (Å²) in [5.41, 5.74) is 6.29. The van der Waals surface area contributed by atoms with Crippen LogP contribution < -0.4 is 11.1 Å². The number of nitrogens with two attached hydrogens (primary N) is 1. The Hall–Kier alpha value is -0.0800. The van der Waals surface area contributed by atoms with Crippen molar-refractivity contribution < 1.29 is 0 Å². The molecule has 0 aliphatic heterocycles. The minimum Gasteiger partial charge on any atom is -0.329 e. The molecule has 15 heavy (non-hydrogen) atoms. The lowest BCUT2D eigenvalue weighted by atomic mass is 9.86. The zero-order chi connectivity index (χ0) is 10.7. The topological polar surface area (TPSA) is 38.0 Å². The first-order valence-corrected chi connectivity index (χ1v) is 6.78. The molecule has 0 aromatic heterocycles. The Balaban J connectivity index is 1.92. The SMILES string of the molecule is CCC(CN)(NC1CCCCC1)C1CC1. The maximum absolute atomic E-state index is 6.01. The van der Waals surface area contributed by atoms with E-state index in [1.54, 1.807) is 0 Å². The first-order valence-electron chi connectivity index (χ1n) is 6.78. The molecule has 2 aliphatic carbocycles. The molecule has 0 amide bonds. The van der Waals surface area contributed by atoms with Crippen molar-refractivity contribution in [3.05, 3.63) is 0 Å². The monoisotopic (exact) mass is 210 g/mol. The summed E-state index contributed by atoms with van der Waals surface area (Å²) in [7, 11) is 0. The Labute approximate surface area is 94.0 Å². The summed E-state index contributed by atoms with van der Waals surface area (Å²) in [5.74, 6) is 0.870. The van der Waals surface area contributed by atoms with Gasteiger partial charge in [0, 0.05) is 18.1 Å². The van der Waals surface area contributed by atoms with Gasteiger partial charge >= 0.3 is 0 Å². The van der Waals surface area contributed by atoms with Crippen LogP contribution in [0.1, 0.15) is 58.3 Å². The molecule has 0 aromatic carbocycles. The largest absolute Gasteiger partial charge is 0.329 e. The van der Waals surface area contributed by atoms with Gasteiger partial charge < -0.3 is 11.1 Å². The van der Waals surface area contributed by atoms with Crippen molar-refractivity contribution in [3.8, 4) is 0 Å². The van der Waals surface area contributed by atoms with E-state index >= 15 is 0 Å². The molecular formula is C13H26N2. The van der Waals surface area contributed by atoms with Gasteiger partial charge in [-0.2, -0.15) is 0 Å². The van der Waals surface area contributed by atoms with E-state index in [0.717, 1.165) is 18.5 Å². The molecule has 0 bridgehead atoms. The fourth-order valence-electron chi connectivity index (χ4n) is 3.17. The van der Waals surface area contributed by atoms with Crippen LogP contribution in [0.15, 0.2) is 0 Å². The predicted octanol–water partition coefficient (Wildman–Crippen LogP) is 2.43. The number of hydrogen-bond donors (Lipinski definition) is 2. The molecule has 0 aromatic rings. The third-order valence-corrected chi connectivity index (χ3v) is 4.45. The summed E-state index contributed by atoms with van der Waals surface area (Å²) < 4.78 is 0. The van der Waals surface area contributed by atoms with Crippen LogP contribution in [-0.4, -0.2) is 18.1 Å². The van der Waals surface area contributed by atoms with Gasteiger partial charge in [-0.3, -0.25) is 0 Å². The normalized spacial score (nSPS) is 27.6. The van der Waals surface area contributed by atoms with Gasteiger partial charge in [-0.1, -0.05) is 26.2 Å². The first-order chi connectivity index (χ1) is 7.30. The lowest BCUT2D eigenvalue weighted by molar-refractivity contribution is 0.217. The van der Waals surface area contributed by atoms with E-state index in [2.05, 4.69) is 12.2 Å². The molecule has 1 unspecified atom stereocenters. The summed E-state index contributed by atoms with van der Waals surface area (Å²) >= 11 is 0. The van der Waals surface area contributed by atoms with Crippen LogP contribution >= 0.6 is 0 Å². The lowest BCUT2D eigenvalue weighted by Gasteiger charge is -2.38. The molecule has 1 atom stereocenters. The van der Waals surface area contributed by atoms with Crippen LogP contribution in [0, 0.1) is 5.92 Å². The fourth-order valence-corrected chi connectivity index (χ4v) is 3.17. The molecule has 2 aliphatic rings. The molecule has 2 saturated carbocycles. The van der Waals surface area contributed by atoms with Crippen LogP contribution in [0.5, 0.6) is 0 Å². The minimum absolute atomic E-state index is 0.280.